The van der Waals surface area contributed by atoms with Crippen molar-refractivity contribution >= 4 is 40.5 Å². The first-order chi connectivity index (χ1) is 13.5. The van der Waals surface area contributed by atoms with Crippen LogP contribution in [-0.2, 0) is 13.0 Å². The molecule has 8 heteroatoms. The molecule has 3 N–H and O–H groups in total. The van der Waals surface area contributed by atoms with Crippen molar-refractivity contribution in [1.82, 2.24) is 20.6 Å². The molecule has 0 saturated heterocycles. The van der Waals surface area contributed by atoms with Crippen LogP contribution in [0.3, 0.4) is 0 Å². The molecule has 28 heavy (non-hydrogen) atoms. The molecule has 0 fully saturated rings. The van der Waals surface area contributed by atoms with E-state index >= 15 is 0 Å². The van der Waals surface area contributed by atoms with Gasteiger partial charge in [-0.2, -0.15) is 5.10 Å². The van der Waals surface area contributed by atoms with Gasteiger partial charge in [0.25, 0.3) is 5.91 Å². The van der Waals surface area contributed by atoms with Gasteiger partial charge in [0.15, 0.2) is 5.11 Å². The summed E-state index contributed by atoms with van der Waals surface area (Å²) in [6.45, 7) is 6.72. The molecule has 1 aromatic carbocycles. The van der Waals surface area contributed by atoms with E-state index in [2.05, 4.69) is 47.2 Å². The maximum atomic E-state index is 12.5. The molecule has 0 atom stereocenters. The minimum Gasteiger partial charge on any atom is -0.331 e. The highest BCUT2D eigenvalue weighted by molar-refractivity contribution is 7.80. The molecule has 1 heterocycles. The summed E-state index contributed by atoms with van der Waals surface area (Å²) in [7, 11) is 0. The number of nitrogens with zero attached hydrogens (tertiary/aromatic N) is 2. The number of benzene rings is 1. The van der Waals surface area contributed by atoms with Gasteiger partial charge in [-0.3, -0.25) is 20.3 Å². The molecule has 152 valence electrons. The molecule has 1 amide bonds. The first-order valence-electron chi connectivity index (χ1n) is 9.65. The molecule has 0 aliphatic carbocycles. The predicted molar refractivity (Wildman–Crippen MR) is 119 cm³/mol. The first kappa shape index (κ1) is 22.2. The maximum Gasteiger partial charge on any atom is 0.274 e. The van der Waals surface area contributed by atoms with Crippen LogP contribution in [0.1, 0.15) is 61.1 Å². The fourth-order valence-corrected chi connectivity index (χ4v) is 3.26. The van der Waals surface area contributed by atoms with Crippen LogP contribution in [0.5, 0.6) is 0 Å². The van der Waals surface area contributed by atoms with Gasteiger partial charge in [0, 0.05) is 12.2 Å². The number of amides is 1. The number of halogens is 1. The average molecular weight is 422 g/mol. The van der Waals surface area contributed by atoms with Crippen molar-refractivity contribution in [2.45, 2.75) is 59.4 Å². The number of carbonyl (C=O) groups excluding carboxylic acids is 1. The minimum absolute atomic E-state index is 0.293. The van der Waals surface area contributed by atoms with E-state index in [0.29, 0.717) is 28.1 Å². The number of hydrogen-bond acceptors (Lipinski definition) is 3. The van der Waals surface area contributed by atoms with E-state index in [9.17, 15) is 4.79 Å². The largest absolute Gasteiger partial charge is 0.331 e. The second kappa shape index (κ2) is 11.0. The van der Waals surface area contributed by atoms with E-state index in [1.165, 1.54) is 18.4 Å². The number of thiocarbonyl (C=S) groups is 1. The van der Waals surface area contributed by atoms with E-state index in [1.807, 2.05) is 12.1 Å². The molecule has 2 rings (SSSR count). The molecule has 0 saturated carbocycles. The van der Waals surface area contributed by atoms with Gasteiger partial charge in [0.2, 0.25) is 0 Å². The number of anilines is 1. The zero-order valence-electron chi connectivity index (χ0n) is 16.6. The van der Waals surface area contributed by atoms with Crippen LogP contribution in [0.4, 0.5) is 5.69 Å². The summed E-state index contributed by atoms with van der Waals surface area (Å²) in [5.74, 6) is -0.371. The highest BCUT2D eigenvalue weighted by Gasteiger charge is 2.20. The molecule has 0 unspecified atom stereocenters. The molecule has 0 aliphatic heterocycles. The lowest BCUT2D eigenvalue weighted by molar-refractivity contribution is 0.0943. The number of rotatable bonds is 8. The third kappa shape index (κ3) is 6.21. The monoisotopic (exact) mass is 421 g/mol. The number of carbonyl (C=O) groups is 1. The Labute approximate surface area is 177 Å². The van der Waals surface area contributed by atoms with E-state index in [4.69, 9.17) is 23.8 Å². The quantitative estimate of drug-likeness (QED) is 0.428. The lowest BCUT2D eigenvalue weighted by Gasteiger charge is -2.12. The Bertz CT molecular complexity index is 804. The van der Waals surface area contributed by atoms with Crippen LogP contribution >= 0.6 is 23.8 Å². The highest BCUT2D eigenvalue weighted by Crippen LogP contribution is 2.20. The van der Waals surface area contributed by atoms with Gasteiger partial charge >= 0.3 is 0 Å². The van der Waals surface area contributed by atoms with Crippen molar-refractivity contribution in [3.63, 3.8) is 0 Å². The average Bonchev–Trinajstić information content (AvgIpc) is 2.97. The fraction of sp³-hybridized carbons (Fsp3) is 0.450. The van der Waals surface area contributed by atoms with E-state index < -0.39 is 0 Å². The van der Waals surface area contributed by atoms with Crippen LogP contribution in [0.2, 0.25) is 5.15 Å². The van der Waals surface area contributed by atoms with Crippen LogP contribution in [0.25, 0.3) is 0 Å². The van der Waals surface area contributed by atoms with Gasteiger partial charge < -0.3 is 5.32 Å². The Morgan fingerprint density at radius 2 is 1.82 bits per heavy atom. The van der Waals surface area contributed by atoms with Gasteiger partial charge in [-0.25, -0.2) is 0 Å². The zero-order chi connectivity index (χ0) is 20.5. The Morgan fingerprint density at radius 3 is 2.46 bits per heavy atom. The smallest absolute Gasteiger partial charge is 0.274 e. The number of nitrogens with one attached hydrogen (secondary N) is 3. The fourth-order valence-electron chi connectivity index (χ4n) is 2.74. The van der Waals surface area contributed by atoms with Crippen molar-refractivity contribution in [3.05, 3.63) is 46.2 Å². The van der Waals surface area contributed by atoms with Crippen LogP contribution < -0.4 is 16.2 Å². The van der Waals surface area contributed by atoms with Crippen molar-refractivity contribution in [2.75, 3.05) is 5.32 Å². The standard InChI is InChI=1S/C20H28ClN5OS/c1-4-6-8-15-9-11-16(12-10-15)22-20(28)24-23-19(27)17-14(3)25-26(18(17)21)13-7-5-2/h9-12H,4-8,13H2,1-3H3,(H,23,27)(H2,22,24,28). The normalized spacial score (nSPS) is 10.6. The summed E-state index contributed by atoms with van der Waals surface area (Å²) in [5, 5.41) is 8.02. The first-order valence-corrected chi connectivity index (χ1v) is 10.4. The SMILES string of the molecule is CCCCc1ccc(NC(=S)NNC(=O)c2c(C)nn(CCCC)c2Cl)cc1. The maximum absolute atomic E-state index is 12.5. The molecule has 6 nitrogen and oxygen atoms in total. The van der Waals surface area contributed by atoms with Crippen molar-refractivity contribution in [3.8, 4) is 0 Å². The van der Waals surface area contributed by atoms with E-state index in [0.717, 1.165) is 24.9 Å². The molecule has 0 spiro atoms. The third-order valence-corrected chi connectivity index (χ3v) is 4.92. The molecule has 0 bridgehead atoms. The summed E-state index contributed by atoms with van der Waals surface area (Å²) in [6, 6.07) is 8.10. The van der Waals surface area contributed by atoms with Gasteiger partial charge in [-0.05, 0) is 56.1 Å². The Kier molecular flexibility index (Phi) is 8.73. The number of hydrazine groups is 1. The molecular weight excluding hydrogens is 394 g/mol. The molecular formula is C20H28ClN5OS. The third-order valence-electron chi connectivity index (χ3n) is 4.34. The summed E-state index contributed by atoms with van der Waals surface area (Å²) in [4.78, 5) is 12.5. The lowest BCUT2D eigenvalue weighted by atomic mass is 10.1. The zero-order valence-corrected chi connectivity index (χ0v) is 18.2. The predicted octanol–water partition coefficient (Wildman–Crippen LogP) is 4.62. The Morgan fingerprint density at radius 1 is 1.14 bits per heavy atom. The van der Waals surface area contributed by atoms with Crippen LogP contribution in [0.15, 0.2) is 24.3 Å². The topological polar surface area (TPSA) is 71.0 Å². The van der Waals surface area contributed by atoms with E-state index in [1.54, 1.807) is 11.6 Å². The Balaban J connectivity index is 1.88. The summed E-state index contributed by atoms with van der Waals surface area (Å²) >= 11 is 11.6. The van der Waals surface area contributed by atoms with Crippen LogP contribution in [0, 0.1) is 6.92 Å². The van der Waals surface area contributed by atoms with Crippen molar-refractivity contribution < 1.29 is 4.79 Å². The second-order valence-corrected chi connectivity index (χ2v) is 7.43. The molecule has 1 aromatic heterocycles. The van der Waals surface area contributed by atoms with Gasteiger partial charge in [0.1, 0.15) is 10.7 Å². The number of unbranched alkanes of at least 4 members (excludes halogenated alkanes) is 2. The summed E-state index contributed by atoms with van der Waals surface area (Å²) < 4.78 is 1.66. The molecule has 0 radical (unpaired) electrons. The van der Waals surface area contributed by atoms with E-state index in [-0.39, 0.29) is 5.91 Å². The highest BCUT2D eigenvalue weighted by atomic mass is 35.5. The molecule has 0 aliphatic rings. The van der Waals surface area contributed by atoms with Gasteiger partial charge in [0.05, 0.1) is 5.69 Å². The lowest BCUT2D eigenvalue weighted by Crippen LogP contribution is -2.44. The minimum atomic E-state index is -0.371. The summed E-state index contributed by atoms with van der Waals surface area (Å²) in [5.41, 5.74) is 8.38. The van der Waals surface area contributed by atoms with Crippen LogP contribution in [-0.4, -0.2) is 20.8 Å². The molecule has 2 aromatic rings. The van der Waals surface area contributed by atoms with Crippen molar-refractivity contribution in [2.24, 2.45) is 0 Å². The summed E-state index contributed by atoms with van der Waals surface area (Å²) in [6.07, 6.45) is 5.40. The van der Waals surface area contributed by atoms with Gasteiger partial charge in [-0.1, -0.05) is 50.4 Å². The number of hydrogen-bond donors (Lipinski definition) is 3. The van der Waals surface area contributed by atoms with Gasteiger partial charge in [-0.15, -0.1) is 0 Å². The van der Waals surface area contributed by atoms with Crippen molar-refractivity contribution in [1.29, 1.82) is 0 Å². The Hall–Kier alpha value is -2.12. The number of aryl methyl sites for hydroxylation is 3. The number of aromatic nitrogens is 2. The second-order valence-electron chi connectivity index (χ2n) is 6.66.